The number of halogens is 2. The predicted octanol–water partition coefficient (Wildman–Crippen LogP) is 6.39. The molecule has 2 aromatic rings. The zero-order chi connectivity index (χ0) is 14.0. The Hall–Kier alpha value is -0.310. The first-order valence-electron chi connectivity index (χ1n) is 6.45. The second-order valence-corrected chi connectivity index (χ2v) is 7.50. The molecule has 0 N–H and O–H groups in total. The summed E-state index contributed by atoms with van der Waals surface area (Å²) in [6.45, 7) is 6.54. The predicted molar refractivity (Wildman–Crippen MR) is 89.8 cm³/mol. The van der Waals surface area contributed by atoms with E-state index in [1.54, 1.807) is 11.3 Å². The van der Waals surface area contributed by atoms with Crippen LogP contribution in [-0.2, 0) is 6.42 Å². The van der Waals surface area contributed by atoms with Crippen molar-refractivity contribution in [1.29, 1.82) is 0 Å². The van der Waals surface area contributed by atoms with E-state index in [1.165, 1.54) is 16.0 Å². The van der Waals surface area contributed by atoms with Crippen LogP contribution in [-0.4, -0.2) is 0 Å². The van der Waals surface area contributed by atoms with Gasteiger partial charge in [0.1, 0.15) is 0 Å². The molecule has 0 aliphatic rings. The van der Waals surface area contributed by atoms with E-state index in [1.807, 2.05) is 6.92 Å². The third kappa shape index (κ3) is 3.62. The Morgan fingerprint density at radius 3 is 2.32 bits per heavy atom. The van der Waals surface area contributed by atoms with Crippen LogP contribution < -0.4 is 0 Å². The first-order chi connectivity index (χ1) is 8.99. The monoisotopic (exact) mass is 356 g/mol. The first kappa shape index (κ1) is 15.1. The number of alkyl halides is 1. The number of aryl methyl sites for hydroxylation is 1. The van der Waals surface area contributed by atoms with Gasteiger partial charge in [-0.05, 0) is 41.3 Å². The van der Waals surface area contributed by atoms with Gasteiger partial charge in [-0.1, -0.05) is 65.6 Å². The Balaban J connectivity index is 2.20. The van der Waals surface area contributed by atoms with Crippen molar-refractivity contribution in [1.82, 2.24) is 0 Å². The maximum Gasteiger partial charge on any atom is 0.0753 e. The van der Waals surface area contributed by atoms with Gasteiger partial charge in [-0.15, -0.1) is 11.3 Å². The average Bonchev–Trinajstić information content (AvgIpc) is 2.69. The van der Waals surface area contributed by atoms with Crippen LogP contribution in [0.1, 0.15) is 40.2 Å². The standard InChI is InChI=1S/C16H18BrClS/c1-10(2)8-12-4-6-13(7-5-12)14(17)16-15(18)11(3)9-19-16/h4-7,9-10,14H,8H2,1-3H3. The molecule has 3 heteroatoms. The molecule has 0 amide bonds. The summed E-state index contributed by atoms with van der Waals surface area (Å²) in [4.78, 5) is 1.38. The second-order valence-electron chi connectivity index (χ2n) is 5.30. The molecule has 0 spiro atoms. The quantitative estimate of drug-likeness (QED) is 0.556. The Labute approximate surface area is 132 Å². The molecule has 0 saturated heterocycles. The van der Waals surface area contributed by atoms with Gasteiger partial charge in [0.15, 0.2) is 0 Å². The van der Waals surface area contributed by atoms with Crippen molar-refractivity contribution < 1.29 is 0 Å². The molecule has 0 bridgehead atoms. The van der Waals surface area contributed by atoms with Crippen LogP contribution in [0, 0.1) is 12.8 Å². The summed E-state index contributed by atoms with van der Waals surface area (Å²) in [5.41, 5.74) is 3.81. The van der Waals surface area contributed by atoms with Crippen LogP contribution in [0.15, 0.2) is 29.6 Å². The highest BCUT2D eigenvalue weighted by atomic mass is 79.9. The normalized spacial score (nSPS) is 12.9. The number of rotatable bonds is 4. The van der Waals surface area contributed by atoms with Gasteiger partial charge in [-0.25, -0.2) is 0 Å². The van der Waals surface area contributed by atoms with Gasteiger partial charge in [0.05, 0.1) is 9.85 Å². The molecule has 1 aromatic carbocycles. The zero-order valence-corrected chi connectivity index (χ0v) is 14.6. The molecular weight excluding hydrogens is 340 g/mol. The van der Waals surface area contributed by atoms with Gasteiger partial charge in [-0.3, -0.25) is 0 Å². The van der Waals surface area contributed by atoms with E-state index in [-0.39, 0.29) is 4.83 Å². The summed E-state index contributed by atoms with van der Waals surface area (Å²) < 4.78 is 0. The lowest BCUT2D eigenvalue weighted by molar-refractivity contribution is 0.647. The van der Waals surface area contributed by atoms with Gasteiger partial charge < -0.3 is 0 Å². The first-order valence-corrected chi connectivity index (χ1v) is 8.62. The van der Waals surface area contributed by atoms with E-state index in [0.717, 1.165) is 17.0 Å². The second kappa shape index (κ2) is 6.43. The highest BCUT2D eigenvalue weighted by Gasteiger charge is 2.17. The number of thiophene rings is 1. The third-order valence-corrected chi connectivity index (χ3v) is 6.14. The van der Waals surface area contributed by atoms with Gasteiger partial charge in [0.2, 0.25) is 0 Å². The number of hydrogen-bond acceptors (Lipinski definition) is 1. The minimum absolute atomic E-state index is 0.187. The summed E-state index contributed by atoms with van der Waals surface area (Å²) in [7, 11) is 0. The van der Waals surface area contributed by atoms with E-state index >= 15 is 0 Å². The van der Waals surface area contributed by atoms with Crippen molar-refractivity contribution in [3.05, 3.63) is 56.2 Å². The van der Waals surface area contributed by atoms with Gasteiger partial charge in [-0.2, -0.15) is 0 Å². The van der Waals surface area contributed by atoms with Crippen LogP contribution in [0.3, 0.4) is 0 Å². The van der Waals surface area contributed by atoms with Crippen molar-refractivity contribution >= 4 is 38.9 Å². The Bertz CT molecular complexity index is 542. The highest BCUT2D eigenvalue weighted by Crippen LogP contribution is 2.40. The average molecular weight is 358 g/mol. The van der Waals surface area contributed by atoms with Gasteiger partial charge in [0, 0.05) is 4.88 Å². The van der Waals surface area contributed by atoms with E-state index in [4.69, 9.17) is 11.6 Å². The summed E-state index contributed by atoms with van der Waals surface area (Å²) in [6, 6.07) is 8.83. The van der Waals surface area contributed by atoms with E-state index < -0.39 is 0 Å². The zero-order valence-electron chi connectivity index (χ0n) is 11.4. The maximum absolute atomic E-state index is 6.33. The van der Waals surface area contributed by atoms with Crippen LogP contribution in [0.25, 0.3) is 0 Å². The molecule has 2 rings (SSSR count). The molecule has 0 nitrogen and oxygen atoms in total. The SMILES string of the molecule is Cc1csc(C(Br)c2ccc(CC(C)C)cc2)c1Cl. The molecule has 19 heavy (non-hydrogen) atoms. The molecule has 0 aliphatic carbocycles. The minimum Gasteiger partial charge on any atom is -0.145 e. The van der Waals surface area contributed by atoms with E-state index in [2.05, 4.69) is 59.4 Å². The van der Waals surface area contributed by atoms with Gasteiger partial charge >= 0.3 is 0 Å². The van der Waals surface area contributed by atoms with Gasteiger partial charge in [0.25, 0.3) is 0 Å². The summed E-state index contributed by atoms with van der Waals surface area (Å²) in [6.07, 6.45) is 1.13. The molecule has 1 heterocycles. The largest absolute Gasteiger partial charge is 0.145 e. The molecule has 1 aromatic heterocycles. The van der Waals surface area contributed by atoms with E-state index in [0.29, 0.717) is 5.92 Å². The molecule has 0 saturated carbocycles. The van der Waals surface area contributed by atoms with Crippen LogP contribution in [0.5, 0.6) is 0 Å². The van der Waals surface area contributed by atoms with Crippen molar-refractivity contribution in [2.75, 3.05) is 0 Å². The smallest absolute Gasteiger partial charge is 0.0753 e. The lowest BCUT2D eigenvalue weighted by Gasteiger charge is -2.11. The lowest BCUT2D eigenvalue weighted by Crippen LogP contribution is -1.95. The summed E-state index contributed by atoms with van der Waals surface area (Å²) in [5, 5.41) is 3.00. The highest BCUT2D eigenvalue weighted by molar-refractivity contribution is 9.09. The maximum atomic E-state index is 6.33. The van der Waals surface area contributed by atoms with Crippen molar-refractivity contribution in [2.45, 2.75) is 32.0 Å². The molecule has 102 valence electrons. The molecule has 1 unspecified atom stereocenters. The fraction of sp³-hybridized carbons (Fsp3) is 0.375. The van der Waals surface area contributed by atoms with Crippen molar-refractivity contribution in [2.24, 2.45) is 5.92 Å². The van der Waals surface area contributed by atoms with Crippen LogP contribution in [0.2, 0.25) is 5.02 Å². The Kier molecular flexibility index (Phi) is 5.10. The van der Waals surface area contributed by atoms with Crippen molar-refractivity contribution in [3.63, 3.8) is 0 Å². The fourth-order valence-electron chi connectivity index (χ4n) is 2.07. The lowest BCUT2D eigenvalue weighted by atomic mass is 10.0. The molecule has 0 aliphatic heterocycles. The van der Waals surface area contributed by atoms with E-state index in [9.17, 15) is 0 Å². The topological polar surface area (TPSA) is 0 Å². The van der Waals surface area contributed by atoms with Crippen molar-refractivity contribution in [3.8, 4) is 0 Å². The Morgan fingerprint density at radius 2 is 1.84 bits per heavy atom. The minimum atomic E-state index is 0.187. The van der Waals surface area contributed by atoms with Crippen LogP contribution in [0.4, 0.5) is 0 Å². The fourth-order valence-corrected chi connectivity index (χ4v) is 4.36. The third-order valence-electron chi connectivity index (χ3n) is 3.07. The molecule has 0 radical (unpaired) electrons. The molecule has 1 atom stereocenters. The Morgan fingerprint density at radius 1 is 1.21 bits per heavy atom. The molecular formula is C16H18BrClS. The summed E-state index contributed by atoms with van der Waals surface area (Å²) in [5.74, 6) is 0.694. The number of benzene rings is 1. The number of hydrogen-bond donors (Lipinski definition) is 0. The summed E-state index contributed by atoms with van der Waals surface area (Å²) >= 11 is 11.8. The molecule has 0 fully saturated rings. The van der Waals surface area contributed by atoms with Crippen LogP contribution >= 0.6 is 38.9 Å².